The topological polar surface area (TPSA) is 58.6 Å². The molecule has 0 radical (unpaired) electrons. The monoisotopic (exact) mass is 331 g/mol. The fourth-order valence-electron chi connectivity index (χ4n) is 2.49. The number of halogens is 1. The zero-order valence-corrected chi connectivity index (χ0v) is 13.8. The quantitative estimate of drug-likeness (QED) is 0.819. The van der Waals surface area contributed by atoms with Gasteiger partial charge in [-0.15, -0.1) is 0 Å². The summed E-state index contributed by atoms with van der Waals surface area (Å²) < 4.78 is 18.0. The molecule has 2 unspecified atom stereocenters. The van der Waals surface area contributed by atoms with E-state index in [0.29, 0.717) is 24.2 Å². The third-order valence-electron chi connectivity index (χ3n) is 3.71. The van der Waals surface area contributed by atoms with Gasteiger partial charge in [0.05, 0.1) is 12.7 Å². The summed E-state index contributed by atoms with van der Waals surface area (Å²) in [5.41, 5.74) is 2.09. The fourth-order valence-corrected chi connectivity index (χ4v) is 2.49. The maximum atomic E-state index is 12.9. The Morgan fingerprint density at radius 3 is 2.62 bits per heavy atom. The summed E-state index contributed by atoms with van der Waals surface area (Å²) in [4.78, 5) is 12.3. The van der Waals surface area contributed by atoms with E-state index in [0.717, 1.165) is 5.56 Å². The van der Waals surface area contributed by atoms with Gasteiger partial charge in [0.1, 0.15) is 5.82 Å². The van der Waals surface area contributed by atoms with E-state index < -0.39 is 6.10 Å². The second-order valence-electron chi connectivity index (χ2n) is 5.81. The lowest BCUT2D eigenvalue weighted by Gasteiger charge is -2.18. The number of aliphatic hydroxyl groups is 1. The summed E-state index contributed by atoms with van der Waals surface area (Å²) in [6, 6.07) is 12.7. The van der Waals surface area contributed by atoms with Crippen molar-refractivity contribution in [2.75, 3.05) is 7.11 Å². The number of benzene rings is 2. The van der Waals surface area contributed by atoms with Gasteiger partial charge in [-0.1, -0.05) is 24.3 Å². The molecule has 2 aromatic carbocycles. The molecule has 5 heteroatoms. The Hall–Kier alpha value is -2.24. The van der Waals surface area contributed by atoms with Crippen LogP contribution in [-0.4, -0.2) is 24.2 Å². The third kappa shape index (κ3) is 5.15. The number of methoxy groups -OCH3 is 1. The fraction of sp³-hybridized carbons (Fsp3) is 0.316. The lowest BCUT2D eigenvalue weighted by molar-refractivity contribution is 0.0916. The van der Waals surface area contributed by atoms with E-state index >= 15 is 0 Å². The summed E-state index contributed by atoms with van der Waals surface area (Å²) >= 11 is 0. The molecule has 0 saturated heterocycles. The lowest BCUT2D eigenvalue weighted by atomic mass is 10.0. The van der Waals surface area contributed by atoms with Crippen molar-refractivity contribution in [1.82, 2.24) is 5.32 Å². The van der Waals surface area contributed by atoms with Crippen molar-refractivity contribution in [3.63, 3.8) is 0 Å². The summed E-state index contributed by atoms with van der Waals surface area (Å²) in [5, 5.41) is 13.1. The first-order chi connectivity index (χ1) is 11.5. The van der Waals surface area contributed by atoms with Gasteiger partial charge in [-0.3, -0.25) is 4.79 Å². The van der Waals surface area contributed by atoms with Crippen LogP contribution in [0.4, 0.5) is 4.39 Å². The molecular weight excluding hydrogens is 309 g/mol. The van der Waals surface area contributed by atoms with Crippen LogP contribution in [0.1, 0.15) is 40.9 Å². The van der Waals surface area contributed by atoms with E-state index in [4.69, 9.17) is 4.74 Å². The van der Waals surface area contributed by atoms with Crippen molar-refractivity contribution >= 4 is 5.91 Å². The molecule has 1 amide bonds. The van der Waals surface area contributed by atoms with Crippen molar-refractivity contribution < 1.29 is 19.0 Å². The van der Waals surface area contributed by atoms with Gasteiger partial charge < -0.3 is 15.2 Å². The number of nitrogens with one attached hydrogen (secondary N) is 1. The van der Waals surface area contributed by atoms with Crippen LogP contribution in [-0.2, 0) is 11.3 Å². The Morgan fingerprint density at radius 2 is 1.96 bits per heavy atom. The van der Waals surface area contributed by atoms with E-state index in [1.165, 1.54) is 12.1 Å². The second kappa shape index (κ2) is 8.57. The van der Waals surface area contributed by atoms with Gasteiger partial charge in [-0.25, -0.2) is 4.39 Å². The number of hydrogen-bond donors (Lipinski definition) is 2. The first-order valence-corrected chi connectivity index (χ1v) is 7.82. The van der Waals surface area contributed by atoms with E-state index in [1.807, 2.05) is 13.0 Å². The van der Waals surface area contributed by atoms with Gasteiger partial charge in [-0.2, -0.15) is 0 Å². The molecule has 128 valence electrons. The number of amides is 1. The largest absolute Gasteiger partial charge is 0.388 e. The Bertz CT molecular complexity index is 673. The molecule has 0 saturated carbocycles. The van der Waals surface area contributed by atoms with Crippen LogP contribution in [0.2, 0.25) is 0 Å². The first-order valence-electron chi connectivity index (χ1n) is 7.82. The molecule has 4 nitrogen and oxygen atoms in total. The number of rotatable bonds is 7. The van der Waals surface area contributed by atoms with Crippen LogP contribution in [0.3, 0.4) is 0 Å². The molecule has 0 aliphatic carbocycles. The SMILES string of the molecule is COCc1cccc(C(=O)NC(C)CC(O)c2ccc(F)cc2)c1. The minimum Gasteiger partial charge on any atom is -0.388 e. The average Bonchev–Trinajstić information content (AvgIpc) is 2.55. The Morgan fingerprint density at radius 1 is 1.25 bits per heavy atom. The van der Waals surface area contributed by atoms with Gasteiger partial charge in [0.25, 0.3) is 5.91 Å². The number of ether oxygens (including phenoxy) is 1. The molecule has 2 rings (SSSR count). The van der Waals surface area contributed by atoms with Crippen molar-refractivity contribution in [2.45, 2.75) is 32.1 Å². The Labute approximate surface area is 141 Å². The molecular formula is C19H22FNO3. The average molecular weight is 331 g/mol. The molecule has 24 heavy (non-hydrogen) atoms. The van der Waals surface area contributed by atoms with Crippen LogP contribution in [0.5, 0.6) is 0 Å². The third-order valence-corrected chi connectivity index (χ3v) is 3.71. The number of aliphatic hydroxyl groups excluding tert-OH is 1. The minimum absolute atomic E-state index is 0.202. The smallest absolute Gasteiger partial charge is 0.251 e. The van der Waals surface area contributed by atoms with Crippen LogP contribution in [0, 0.1) is 5.82 Å². The second-order valence-corrected chi connectivity index (χ2v) is 5.81. The summed E-state index contributed by atoms with van der Waals surface area (Å²) in [6.07, 6.45) is -0.421. The van der Waals surface area contributed by atoms with Crippen molar-refractivity contribution in [3.05, 3.63) is 71.0 Å². The van der Waals surface area contributed by atoms with Gasteiger partial charge in [-0.05, 0) is 48.7 Å². The van der Waals surface area contributed by atoms with E-state index in [-0.39, 0.29) is 17.8 Å². The van der Waals surface area contributed by atoms with Gasteiger partial charge in [0.15, 0.2) is 0 Å². The highest BCUT2D eigenvalue weighted by Gasteiger charge is 2.15. The standard InChI is InChI=1S/C19H22FNO3/c1-13(10-18(22)15-6-8-17(20)9-7-15)21-19(23)16-5-3-4-14(11-16)12-24-2/h3-9,11,13,18,22H,10,12H2,1-2H3,(H,21,23). The zero-order chi connectivity index (χ0) is 17.5. The normalized spacial score (nSPS) is 13.3. The molecule has 0 spiro atoms. The summed E-state index contributed by atoms with van der Waals surface area (Å²) in [7, 11) is 1.60. The highest BCUT2D eigenvalue weighted by Crippen LogP contribution is 2.19. The molecule has 0 aliphatic rings. The molecule has 0 bridgehead atoms. The highest BCUT2D eigenvalue weighted by atomic mass is 19.1. The molecule has 2 atom stereocenters. The number of hydrogen-bond acceptors (Lipinski definition) is 3. The van der Waals surface area contributed by atoms with Crippen molar-refractivity contribution in [2.24, 2.45) is 0 Å². The summed E-state index contributed by atoms with van der Waals surface area (Å²) in [6.45, 7) is 2.27. The van der Waals surface area contributed by atoms with E-state index in [9.17, 15) is 14.3 Å². The maximum Gasteiger partial charge on any atom is 0.251 e. The van der Waals surface area contributed by atoms with Crippen LogP contribution < -0.4 is 5.32 Å². The minimum atomic E-state index is -0.763. The molecule has 2 aromatic rings. The van der Waals surface area contributed by atoms with Crippen molar-refractivity contribution in [1.29, 1.82) is 0 Å². The van der Waals surface area contributed by atoms with Crippen molar-refractivity contribution in [3.8, 4) is 0 Å². The molecule has 2 N–H and O–H groups in total. The Balaban J connectivity index is 1.93. The first kappa shape index (κ1) is 18.1. The predicted octanol–water partition coefficient (Wildman–Crippen LogP) is 3.21. The van der Waals surface area contributed by atoms with Crippen LogP contribution in [0.25, 0.3) is 0 Å². The highest BCUT2D eigenvalue weighted by molar-refractivity contribution is 5.94. The molecule has 0 fully saturated rings. The Kier molecular flexibility index (Phi) is 6.46. The number of carbonyl (C=O) groups is 1. The zero-order valence-electron chi connectivity index (χ0n) is 13.8. The van der Waals surface area contributed by atoms with E-state index in [1.54, 1.807) is 37.4 Å². The number of carbonyl (C=O) groups excluding carboxylic acids is 1. The van der Waals surface area contributed by atoms with E-state index in [2.05, 4.69) is 5.32 Å². The van der Waals surface area contributed by atoms with Gasteiger partial charge >= 0.3 is 0 Å². The molecule has 0 aromatic heterocycles. The van der Waals surface area contributed by atoms with Crippen LogP contribution >= 0.6 is 0 Å². The lowest BCUT2D eigenvalue weighted by Crippen LogP contribution is -2.33. The molecule has 0 aliphatic heterocycles. The summed E-state index contributed by atoms with van der Waals surface area (Å²) in [5.74, 6) is -0.546. The molecule has 0 heterocycles. The van der Waals surface area contributed by atoms with Gasteiger partial charge in [0, 0.05) is 18.7 Å². The van der Waals surface area contributed by atoms with Crippen LogP contribution in [0.15, 0.2) is 48.5 Å². The maximum absolute atomic E-state index is 12.9. The predicted molar refractivity (Wildman–Crippen MR) is 90.1 cm³/mol. The van der Waals surface area contributed by atoms with Gasteiger partial charge in [0.2, 0.25) is 0 Å².